The van der Waals surface area contributed by atoms with Crippen molar-refractivity contribution in [3.05, 3.63) is 76.9 Å². The fourth-order valence-electron chi connectivity index (χ4n) is 3.88. The van der Waals surface area contributed by atoms with E-state index in [9.17, 15) is 31.2 Å². The van der Waals surface area contributed by atoms with E-state index in [-0.39, 0.29) is 27.0 Å². The number of hydrogen-bond acceptors (Lipinski definition) is 7. The number of rotatable bonds is 8. The van der Waals surface area contributed by atoms with Crippen LogP contribution in [0.25, 0.3) is 10.8 Å². The molecule has 0 bridgehead atoms. The zero-order chi connectivity index (χ0) is 27.9. The molecule has 202 valence electrons. The first-order valence-corrected chi connectivity index (χ1v) is 15.0. The lowest BCUT2D eigenvalue weighted by atomic mass is 9.87. The van der Waals surface area contributed by atoms with Crippen molar-refractivity contribution in [2.24, 2.45) is 0 Å². The van der Waals surface area contributed by atoms with Gasteiger partial charge >= 0.3 is 15.6 Å². The summed E-state index contributed by atoms with van der Waals surface area (Å²) in [5.41, 5.74) is -3.43. The molecule has 12 heteroatoms. The van der Waals surface area contributed by atoms with Gasteiger partial charge in [0.1, 0.15) is 0 Å². The van der Waals surface area contributed by atoms with Crippen molar-refractivity contribution in [2.45, 2.75) is 42.3 Å². The number of carbonyl (C=O) groups excluding carboxylic acids is 2. The average molecular weight is 584 g/mol. The largest absolute Gasteiger partial charge is 0.525 e. The zero-order valence-electron chi connectivity index (χ0n) is 20.7. The molecule has 0 saturated heterocycles. The number of thioether (sulfide) groups is 2. The van der Waals surface area contributed by atoms with Crippen LogP contribution in [0.1, 0.15) is 52.6 Å². The molecule has 3 aromatic carbocycles. The van der Waals surface area contributed by atoms with Gasteiger partial charge in [-0.05, 0) is 40.1 Å². The molecule has 6 nitrogen and oxygen atoms in total. The van der Waals surface area contributed by atoms with E-state index in [1.807, 2.05) is 0 Å². The smallest absolute Gasteiger partial charge is 0.266 e. The Bertz CT molecular complexity index is 1480. The number of hydroxylamine groups is 2. The van der Waals surface area contributed by atoms with Crippen LogP contribution < -0.4 is 0 Å². The van der Waals surface area contributed by atoms with E-state index in [4.69, 9.17) is 0 Å². The van der Waals surface area contributed by atoms with Crippen LogP contribution in [0.15, 0.2) is 59.5 Å². The lowest BCUT2D eigenvalue weighted by Crippen LogP contribution is -2.44. The lowest BCUT2D eigenvalue weighted by Gasteiger charge is -2.26. The van der Waals surface area contributed by atoms with Gasteiger partial charge in [-0.25, -0.2) is 0 Å². The number of nitrogens with zero attached hydrogens (tertiary/aromatic N) is 1. The Balaban J connectivity index is 1.45. The highest BCUT2D eigenvalue weighted by atomic mass is 32.2. The summed E-state index contributed by atoms with van der Waals surface area (Å²) in [6, 6.07) is 16.1. The molecule has 2 amide bonds. The third-order valence-electron chi connectivity index (χ3n) is 5.86. The van der Waals surface area contributed by atoms with E-state index < -0.39 is 27.4 Å². The Morgan fingerprint density at radius 3 is 2.11 bits per heavy atom. The van der Waals surface area contributed by atoms with E-state index in [2.05, 4.69) is 49.3 Å². The molecule has 0 radical (unpaired) electrons. The second-order valence-corrected chi connectivity index (χ2v) is 13.3. The molecular weight excluding hydrogens is 559 g/mol. The topological polar surface area (TPSA) is 80.8 Å². The molecule has 3 aromatic rings. The molecule has 1 aliphatic rings. The number of amides is 2. The van der Waals surface area contributed by atoms with Crippen molar-refractivity contribution in [3.8, 4) is 0 Å². The number of imide groups is 1. The summed E-state index contributed by atoms with van der Waals surface area (Å²) >= 11 is 3.30. The van der Waals surface area contributed by atoms with E-state index in [1.165, 1.54) is 41.1 Å². The zero-order valence-corrected chi connectivity index (χ0v) is 23.1. The van der Waals surface area contributed by atoms with Crippen LogP contribution in [0.2, 0.25) is 0 Å². The first kappa shape index (κ1) is 28.5. The monoisotopic (exact) mass is 583 g/mol. The van der Waals surface area contributed by atoms with Crippen LogP contribution in [0.3, 0.4) is 0 Å². The Hall–Kier alpha value is -2.54. The molecule has 0 spiro atoms. The van der Waals surface area contributed by atoms with E-state index in [0.29, 0.717) is 5.39 Å². The lowest BCUT2D eigenvalue weighted by molar-refractivity contribution is -0.0761. The van der Waals surface area contributed by atoms with Gasteiger partial charge in [0, 0.05) is 27.5 Å². The molecule has 0 N–H and O–H groups in total. The van der Waals surface area contributed by atoms with Crippen molar-refractivity contribution in [3.63, 3.8) is 0 Å². The molecule has 0 aromatic heterocycles. The van der Waals surface area contributed by atoms with Gasteiger partial charge in [-0.3, -0.25) is 9.59 Å². The molecule has 0 saturated carbocycles. The van der Waals surface area contributed by atoms with Crippen molar-refractivity contribution in [2.75, 3.05) is 11.5 Å². The Morgan fingerprint density at radius 2 is 1.50 bits per heavy atom. The Labute approximate surface area is 227 Å². The number of hydrogen-bond donors (Lipinski definition) is 0. The Morgan fingerprint density at radius 1 is 0.868 bits per heavy atom. The van der Waals surface area contributed by atoms with Crippen molar-refractivity contribution < 1.29 is 35.5 Å². The third kappa shape index (κ3) is 5.73. The van der Waals surface area contributed by atoms with Crippen LogP contribution >= 0.6 is 23.5 Å². The molecule has 0 fully saturated rings. The fraction of sp³-hybridized carbons (Fsp3) is 0.308. The van der Waals surface area contributed by atoms with Crippen LogP contribution in [-0.2, 0) is 25.6 Å². The summed E-state index contributed by atoms with van der Waals surface area (Å²) < 4.78 is 65.1. The summed E-state index contributed by atoms with van der Waals surface area (Å²) in [5, 5.41) is 0.480. The van der Waals surface area contributed by atoms with Gasteiger partial charge in [-0.2, -0.15) is 33.4 Å². The standard InChI is InChI=1S/C26H24F3NO5S3/c1-25(2,3)17-9-7-16(8-10-17)15-36-13-14-37-21-12-11-20-22-18(21)5-4-6-19(22)23(31)30(24(20)32)35-38(33,34)26(27,28)29/h4-12H,13-15H2,1-3H3. The molecular formula is C26H24F3NO5S3. The molecule has 1 heterocycles. The SMILES string of the molecule is CC(C)(C)c1ccc(CSCCSc2ccc3c4c(cccc24)C(=O)N(OS(=O)(=O)C(F)(F)F)C3=O)cc1. The maximum Gasteiger partial charge on any atom is 0.525 e. The van der Waals surface area contributed by atoms with Gasteiger partial charge < -0.3 is 0 Å². The van der Waals surface area contributed by atoms with Crippen LogP contribution in [-0.4, -0.2) is 42.3 Å². The quantitative estimate of drug-likeness (QED) is 0.129. The van der Waals surface area contributed by atoms with Crippen LogP contribution in [0, 0.1) is 0 Å². The summed E-state index contributed by atoms with van der Waals surface area (Å²) in [4.78, 5) is 26.3. The predicted octanol–water partition coefficient (Wildman–Crippen LogP) is 6.54. The second kappa shape index (κ2) is 10.6. The Kier molecular flexibility index (Phi) is 7.91. The number of benzene rings is 3. The molecule has 38 heavy (non-hydrogen) atoms. The molecule has 0 atom stereocenters. The molecule has 0 aliphatic carbocycles. The highest BCUT2D eigenvalue weighted by molar-refractivity contribution is 8.02. The van der Waals surface area contributed by atoms with E-state index in [0.717, 1.165) is 22.2 Å². The van der Waals surface area contributed by atoms with Crippen molar-refractivity contribution in [1.82, 2.24) is 5.06 Å². The normalized spacial score (nSPS) is 14.4. The maximum absolute atomic E-state index is 12.8. The summed E-state index contributed by atoms with van der Waals surface area (Å²) in [5.74, 6) is -0.130. The molecule has 4 rings (SSSR count). The van der Waals surface area contributed by atoms with Crippen molar-refractivity contribution in [1.29, 1.82) is 0 Å². The summed E-state index contributed by atoms with van der Waals surface area (Å²) in [6.07, 6.45) is 0. The molecule has 1 aliphatic heterocycles. The highest BCUT2D eigenvalue weighted by Crippen LogP contribution is 2.37. The van der Waals surface area contributed by atoms with Crippen molar-refractivity contribution >= 4 is 56.2 Å². The third-order valence-corrected chi connectivity index (χ3v) is 9.14. The fourth-order valence-corrected chi connectivity index (χ4v) is 6.39. The predicted molar refractivity (Wildman–Crippen MR) is 143 cm³/mol. The minimum absolute atomic E-state index is 0.0995. The number of carbonyl (C=O) groups is 2. The number of alkyl halides is 3. The average Bonchev–Trinajstić information content (AvgIpc) is 2.84. The van der Waals surface area contributed by atoms with E-state index >= 15 is 0 Å². The maximum atomic E-state index is 12.8. The summed E-state index contributed by atoms with van der Waals surface area (Å²) in [7, 11) is -6.21. The second-order valence-electron chi connectivity index (χ2n) is 9.57. The molecule has 0 unspecified atom stereocenters. The summed E-state index contributed by atoms with van der Waals surface area (Å²) in [6.45, 7) is 6.51. The van der Waals surface area contributed by atoms with Crippen LogP contribution in [0.5, 0.6) is 0 Å². The first-order chi connectivity index (χ1) is 17.7. The highest BCUT2D eigenvalue weighted by Gasteiger charge is 2.51. The van der Waals surface area contributed by atoms with Gasteiger partial charge in [0.25, 0.3) is 11.8 Å². The van der Waals surface area contributed by atoms with Gasteiger partial charge in [-0.15, -0.1) is 21.1 Å². The van der Waals surface area contributed by atoms with Gasteiger partial charge in [0.2, 0.25) is 0 Å². The minimum atomic E-state index is -6.21. The first-order valence-electron chi connectivity index (χ1n) is 11.5. The van der Waals surface area contributed by atoms with Gasteiger partial charge in [0.15, 0.2) is 0 Å². The van der Waals surface area contributed by atoms with Crippen LogP contribution in [0.4, 0.5) is 13.2 Å². The van der Waals surface area contributed by atoms with E-state index in [1.54, 1.807) is 23.9 Å². The number of halogens is 3. The van der Waals surface area contributed by atoms with Gasteiger partial charge in [0.05, 0.1) is 11.1 Å². The minimum Gasteiger partial charge on any atom is -0.266 e. The van der Waals surface area contributed by atoms with Gasteiger partial charge in [-0.1, -0.05) is 57.2 Å².